The molecule has 1 aliphatic heterocycles. The van der Waals surface area contributed by atoms with Crippen LogP contribution in [0, 0.1) is 6.92 Å². The van der Waals surface area contributed by atoms with Gasteiger partial charge in [-0.05, 0) is 32.3 Å². The fourth-order valence-electron chi connectivity index (χ4n) is 3.34. The normalized spacial score (nSPS) is 14.5. The van der Waals surface area contributed by atoms with Gasteiger partial charge in [0.05, 0.1) is 27.0 Å². The van der Waals surface area contributed by atoms with Gasteiger partial charge < -0.3 is 20.6 Å². The SMILES string of the molecule is Cc1c2nc(NCC(=O)O)sc2cc2sc(NCC(=O)N3CCCCC3)nc12. The number of hydrogen-bond acceptors (Lipinski definition) is 8. The maximum Gasteiger partial charge on any atom is 0.322 e. The van der Waals surface area contributed by atoms with Crippen molar-refractivity contribution < 1.29 is 14.7 Å². The summed E-state index contributed by atoms with van der Waals surface area (Å²) in [6.45, 7) is 3.76. The van der Waals surface area contributed by atoms with Crippen LogP contribution in [-0.2, 0) is 9.59 Å². The van der Waals surface area contributed by atoms with E-state index in [0.717, 1.165) is 57.1 Å². The number of fused-ring (bicyclic) bond motifs is 2. The number of aryl methyl sites for hydroxylation is 1. The highest BCUT2D eigenvalue weighted by Gasteiger charge is 2.18. The maximum absolute atomic E-state index is 12.3. The number of hydrogen-bond donors (Lipinski definition) is 3. The van der Waals surface area contributed by atoms with Crippen molar-refractivity contribution in [3.63, 3.8) is 0 Å². The quantitative estimate of drug-likeness (QED) is 0.563. The summed E-state index contributed by atoms with van der Waals surface area (Å²) in [6, 6.07) is 2.02. The molecule has 1 saturated heterocycles. The van der Waals surface area contributed by atoms with E-state index in [-0.39, 0.29) is 19.0 Å². The average Bonchev–Trinajstić information content (AvgIpc) is 3.29. The number of carbonyl (C=O) groups is 2. The largest absolute Gasteiger partial charge is 0.480 e. The van der Waals surface area contributed by atoms with Gasteiger partial charge >= 0.3 is 5.97 Å². The van der Waals surface area contributed by atoms with Crippen LogP contribution in [0.1, 0.15) is 24.8 Å². The summed E-state index contributed by atoms with van der Waals surface area (Å²) in [5, 5.41) is 16.1. The molecule has 3 heterocycles. The van der Waals surface area contributed by atoms with Gasteiger partial charge in [0.2, 0.25) is 5.91 Å². The molecule has 0 spiro atoms. The molecule has 3 aromatic rings. The number of aromatic nitrogens is 2. The van der Waals surface area contributed by atoms with Crippen molar-refractivity contribution in [2.45, 2.75) is 26.2 Å². The Balaban J connectivity index is 1.51. The number of thiazole rings is 2. The molecule has 1 amide bonds. The van der Waals surface area contributed by atoms with Crippen molar-refractivity contribution in [1.29, 1.82) is 0 Å². The van der Waals surface area contributed by atoms with Gasteiger partial charge in [-0.15, -0.1) is 0 Å². The zero-order chi connectivity index (χ0) is 19.7. The van der Waals surface area contributed by atoms with Gasteiger partial charge in [0, 0.05) is 18.7 Å². The molecule has 10 heteroatoms. The van der Waals surface area contributed by atoms with E-state index in [2.05, 4.69) is 20.6 Å². The standard InChI is InChI=1S/C18H21N5O3S2/c1-10-15-11(7-12-16(10)22-18(28-12)20-9-14(25)26)27-17(21-15)19-8-13(24)23-5-3-2-4-6-23/h7H,2-6,8-9H2,1H3,(H,19,21)(H,20,22)(H,25,26). The molecule has 8 nitrogen and oxygen atoms in total. The first-order valence-electron chi connectivity index (χ1n) is 9.19. The molecule has 28 heavy (non-hydrogen) atoms. The Morgan fingerprint density at radius 2 is 1.61 bits per heavy atom. The summed E-state index contributed by atoms with van der Waals surface area (Å²) < 4.78 is 2.00. The van der Waals surface area contributed by atoms with Crippen LogP contribution in [0.4, 0.5) is 10.3 Å². The number of likely N-dealkylation sites (tertiary alicyclic amines) is 1. The zero-order valence-electron chi connectivity index (χ0n) is 15.4. The first-order valence-corrected chi connectivity index (χ1v) is 10.8. The first kappa shape index (κ1) is 18.9. The average molecular weight is 420 g/mol. The van der Waals surface area contributed by atoms with E-state index in [1.54, 1.807) is 0 Å². The van der Waals surface area contributed by atoms with Gasteiger partial charge in [-0.25, -0.2) is 9.97 Å². The van der Waals surface area contributed by atoms with Gasteiger partial charge in [-0.3, -0.25) is 9.59 Å². The predicted octanol–water partition coefficient (Wildman–Crippen LogP) is 3.14. The lowest BCUT2D eigenvalue weighted by atomic mass is 10.1. The molecule has 148 valence electrons. The summed E-state index contributed by atoms with van der Waals surface area (Å²) in [6.07, 6.45) is 3.37. The van der Waals surface area contributed by atoms with E-state index in [9.17, 15) is 9.59 Å². The zero-order valence-corrected chi connectivity index (χ0v) is 17.1. The van der Waals surface area contributed by atoms with Crippen LogP contribution < -0.4 is 10.6 Å². The smallest absolute Gasteiger partial charge is 0.322 e. The monoisotopic (exact) mass is 419 g/mol. The third-order valence-electron chi connectivity index (χ3n) is 4.77. The summed E-state index contributed by atoms with van der Waals surface area (Å²) >= 11 is 2.94. The highest BCUT2D eigenvalue weighted by Crippen LogP contribution is 2.36. The van der Waals surface area contributed by atoms with Gasteiger partial charge in [0.1, 0.15) is 6.54 Å². The number of aliphatic carboxylic acids is 1. The van der Waals surface area contributed by atoms with Crippen molar-refractivity contribution in [3.8, 4) is 0 Å². The van der Waals surface area contributed by atoms with E-state index in [0.29, 0.717) is 5.13 Å². The van der Waals surface area contributed by atoms with Crippen LogP contribution >= 0.6 is 22.7 Å². The van der Waals surface area contributed by atoms with E-state index < -0.39 is 5.97 Å². The second kappa shape index (κ2) is 7.88. The molecule has 4 rings (SSSR count). The third-order valence-corrected chi connectivity index (χ3v) is 6.69. The highest BCUT2D eigenvalue weighted by molar-refractivity contribution is 7.24. The maximum atomic E-state index is 12.3. The van der Waals surface area contributed by atoms with Crippen LogP contribution in [0.3, 0.4) is 0 Å². The highest BCUT2D eigenvalue weighted by atomic mass is 32.1. The van der Waals surface area contributed by atoms with Crippen molar-refractivity contribution in [1.82, 2.24) is 14.9 Å². The predicted molar refractivity (Wildman–Crippen MR) is 113 cm³/mol. The number of carboxylic acid groups (broad SMARTS) is 1. The van der Waals surface area contributed by atoms with Gasteiger partial charge in [-0.1, -0.05) is 22.7 Å². The van der Waals surface area contributed by atoms with Crippen molar-refractivity contribution in [2.24, 2.45) is 0 Å². The number of carbonyl (C=O) groups excluding carboxylic acids is 1. The number of anilines is 2. The minimum atomic E-state index is -0.923. The third kappa shape index (κ3) is 3.88. The molecule has 1 aromatic carbocycles. The van der Waals surface area contributed by atoms with Crippen molar-refractivity contribution in [3.05, 3.63) is 11.6 Å². The number of rotatable bonds is 6. The topological polar surface area (TPSA) is 107 Å². The summed E-state index contributed by atoms with van der Waals surface area (Å²) in [5.41, 5.74) is 2.64. The second-order valence-corrected chi connectivity index (χ2v) is 8.84. The molecule has 2 aromatic heterocycles. The van der Waals surface area contributed by atoms with Crippen molar-refractivity contribution >= 4 is 65.2 Å². The Labute approximate surface area is 169 Å². The molecule has 0 radical (unpaired) electrons. The molecule has 0 aliphatic carbocycles. The van der Waals surface area contributed by atoms with E-state index in [1.165, 1.54) is 29.1 Å². The van der Waals surface area contributed by atoms with Crippen LogP contribution in [0.15, 0.2) is 6.07 Å². The molecule has 0 unspecified atom stereocenters. The lowest BCUT2D eigenvalue weighted by Crippen LogP contribution is -2.39. The fourth-order valence-corrected chi connectivity index (χ4v) is 5.33. The van der Waals surface area contributed by atoms with Crippen LogP contribution in [0.2, 0.25) is 0 Å². The van der Waals surface area contributed by atoms with Crippen LogP contribution in [-0.4, -0.2) is 58.0 Å². The van der Waals surface area contributed by atoms with Crippen molar-refractivity contribution in [2.75, 3.05) is 36.8 Å². The molecule has 0 atom stereocenters. The Morgan fingerprint density at radius 3 is 2.18 bits per heavy atom. The van der Waals surface area contributed by atoms with Crippen LogP contribution in [0.5, 0.6) is 0 Å². The van der Waals surface area contributed by atoms with E-state index >= 15 is 0 Å². The van der Waals surface area contributed by atoms with Gasteiger partial charge in [-0.2, -0.15) is 0 Å². The molecule has 1 fully saturated rings. The Hall–Kier alpha value is -2.46. The summed E-state index contributed by atoms with van der Waals surface area (Å²) in [5.74, 6) is -0.805. The lowest BCUT2D eigenvalue weighted by Gasteiger charge is -2.26. The molecule has 1 aliphatic rings. The Morgan fingerprint density at radius 1 is 1.04 bits per heavy atom. The van der Waals surface area contributed by atoms with Gasteiger partial charge in [0.25, 0.3) is 0 Å². The van der Waals surface area contributed by atoms with Gasteiger partial charge in [0.15, 0.2) is 10.3 Å². The minimum Gasteiger partial charge on any atom is -0.480 e. The molecular weight excluding hydrogens is 398 g/mol. The number of nitrogens with zero attached hydrogens (tertiary/aromatic N) is 3. The second-order valence-electron chi connectivity index (χ2n) is 6.78. The van der Waals surface area contributed by atoms with Crippen LogP contribution in [0.25, 0.3) is 20.4 Å². The summed E-state index contributed by atoms with van der Waals surface area (Å²) in [4.78, 5) is 34.1. The fraction of sp³-hybridized carbons (Fsp3) is 0.444. The first-order chi connectivity index (χ1) is 13.5. The van der Waals surface area contributed by atoms with E-state index in [4.69, 9.17) is 5.11 Å². The number of piperidine rings is 1. The molecule has 0 bridgehead atoms. The number of amides is 1. The lowest BCUT2D eigenvalue weighted by molar-refractivity contribution is -0.135. The van der Waals surface area contributed by atoms with E-state index in [1.807, 2.05) is 17.9 Å². The Kier molecular flexibility index (Phi) is 5.31. The molecule has 3 N–H and O–H groups in total. The molecular formula is C18H21N5O3S2. The Bertz CT molecular complexity index is 1040. The number of carboxylic acids is 1. The number of nitrogens with one attached hydrogen (secondary N) is 2. The number of benzene rings is 1. The minimum absolute atomic E-state index is 0.118. The molecule has 0 saturated carbocycles. The summed E-state index contributed by atoms with van der Waals surface area (Å²) in [7, 11) is 0.